The molecule has 45 heavy (non-hydrogen) atoms. The maximum atomic E-state index is 12.7. The number of fused-ring (bicyclic) bond motifs is 2. The molecule has 0 saturated heterocycles. The van der Waals surface area contributed by atoms with Gasteiger partial charge in [0, 0.05) is 0 Å². The lowest BCUT2D eigenvalue weighted by atomic mass is 10.4. The Kier molecular flexibility index (Phi) is 5.89. The topological polar surface area (TPSA) is 264 Å². The number of azo groups is 2. The molecular formula is C23H17N21O. The second kappa shape index (κ2) is 9.95. The maximum Gasteiger partial charge on any atom is 0.351 e. The van der Waals surface area contributed by atoms with E-state index in [-0.39, 0.29) is 34.8 Å². The molecule has 0 aromatic carbocycles. The maximum absolute atomic E-state index is 12.7. The van der Waals surface area contributed by atoms with Crippen LogP contribution >= 0.6 is 0 Å². The van der Waals surface area contributed by atoms with Gasteiger partial charge in [-0.2, -0.15) is 34.8 Å². The summed E-state index contributed by atoms with van der Waals surface area (Å²) in [7, 11) is 0. The molecule has 0 aliphatic rings. The molecule has 7 heterocycles. The van der Waals surface area contributed by atoms with Crippen molar-refractivity contribution in [2.75, 3.05) is 0 Å². The SMILES string of the molecule is [C-]#[N+]c1cnn(-c2nc(-n3ncc(C#N)c3N=Nc3c(C)[nH]n4c(C)nnc34)nc(=O)[nH]2)c1N=Nc1c(C)[nH]n2c(C)nnc12. The summed E-state index contributed by atoms with van der Waals surface area (Å²) < 4.78 is 5.47. The number of aromatic nitrogens is 15. The number of nitrogens with one attached hydrogen (secondary N) is 3. The Labute approximate surface area is 248 Å². The third kappa shape index (κ3) is 4.21. The summed E-state index contributed by atoms with van der Waals surface area (Å²) in [6.07, 6.45) is 2.48. The normalized spacial score (nSPS) is 11.9. The van der Waals surface area contributed by atoms with Gasteiger partial charge in [-0.1, -0.05) is 0 Å². The highest BCUT2D eigenvalue weighted by atomic mass is 16.1. The lowest BCUT2D eigenvalue weighted by Crippen LogP contribution is -2.20. The zero-order chi connectivity index (χ0) is 31.4. The molecule has 0 unspecified atom stereocenters. The number of hydrogen-bond donors (Lipinski definition) is 3. The van der Waals surface area contributed by atoms with Crippen LogP contribution in [-0.4, -0.2) is 74.1 Å². The van der Waals surface area contributed by atoms with E-state index >= 15 is 0 Å². The van der Waals surface area contributed by atoms with Crippen LogP contribution in [0.15, 0.2) is 37.6 Å². The van der Waals surface area contributed by atoms with E-state index in [2.05, 4.69) is 81.0 Å². The molecule has 0 fully saturated rings. The highest BCUT2D eigenvalue weighted by Crippen LogP contribution is 2.33. The fourth-order valence-corrected chi connectivity index (χ4v) is 4.39. The average molecular weight is 604 g/mol. The van der Waals surface area contributed by atoms with E-state index in [1.807, 2.05) is 6.07 Å². The summed E-state index contributed by atoms with van der Waals surface area (Å²) in [6, 6.07) is 1.99. The van der Waals surface area contributed by atoms with E-state index in [1.54, 1.807) is 36.7 Å². The molecule has 0 amide bonds. The minimum atomic E-state index is -0.834. The summed E-state index contributed by atoms with van der Waals surface area (Å²) in [4.78, 5) is 27.0. The molecule has 0 aliphatic heterocycles. The number of aromatic amines is 3. The highest BCUT2D eigenvalue weighted by Gasteiger charge is 2.21. The van der Waals surface area contributed by atoms with Crippen molar-refractivity contribution in [1.82, 2.24) is 74.1 Å². The molecule has 0 bridgehead atoms. The van der Waals surface area contributed by atoms with Gasteiger partial charge in [-0.25, -0.2) is 18.7 Å². The monoisotopic (exact) mass is 603 g/mol. The molecule has 7 aromatic rings. The Morgan fingerprint density at radius 1 is 0.822 bits per heavy atom. The zero-order valence-corrected chi connectivity index (χ0v) is 23.6. The van der Waals surface area contributed by atoms with Crippen LogP contribution in [0.2, 0.25) is 0 Å². The summed E-state index contributed by atoms with van der Waals surface area (Å²) in [6.45, 7) is 14.7. The number of nitrogens with zero attached hydrogens (tertiary/aromatic N) is 18. The molecule has 0 saturated carbocycles. The van der Waals surface area contributed by atoms with Crippen LogP contribution < -0.4 is 5.69 Å². The summed E-state index contributed by atoms with van der Waals surface area (Å²) in [5, 5.41) is 57.5. The fraction of sp³-hybridized carbons (Fsp3) is 0.174. The standard InChI is InChI=1S/C23H17N21O/c1-9-15(19-37-31-11(3)41(19)39-9)33-35-17-13(6-24)7-26-43(17)21-28-22(30-23(45)29-21)44-18(14(25-5)8-27-44)36-34-16-10(2)40-42-12(4)32-38-20(16)42/h7-8,39-40H,1-4H3,(H,28,29,30,45). The molecule has 0 aliphatic carbocycles. The molecule has 7 aromatic heterocycles. The minimum Gasteiger partial charge on any atom is -0.293 e. The van der Waals surface area contributed by atoms with Crippen molar-refractivity contribution in [3.05, 3.63) is 62.9 Å². The van der Waals surface area contributed by atoms with Crippen LogP contribution in [0.5, 0.6) is 0 Å². The quantitative estimate of drug-likeness (QED) is 0.185. The van der Waals surface area contributed by atoms with Gasteiger partial charge in [-0.3, -0.25) is 15.2 Å². The Morgan fingerprint density at radius 2 is 1.42 bits per heavy atom. The predicted molar refractivity (Wildman–Crippen MR) is 150 cm³/mol. The van der Waals surface area contributed by atoms with E-state index in [0.717, 1.165) is 9.36 Å². The number of rotatable bonds is 6. The van der Waals surface area contributed by atoms with Gasteiger partial charge in [-0.15, -0.1) is 40.9 Å². The first kappa shape index (κ1) is 26.7. The summed E-state index contributed by atoms with van der Waals surface area (Å²) in [5.41, 5.74) is 2.17. The second-order valence-corrected chi connectivity index (χ2v) is 9.44. The van der Waals surface area contributed by atoms with Crippen LogP contribution in [0.25, 0.3) is 28.0 Å². The van der Waals surface area contributed by atoms with Crippen LogP contribution in [0, 0.1) is 45.6 Å². The van der Waals surface area contributed by atoms with Gasteiger partial charge in [0.05, 0.1) is 30.4 Å². The molecule has 3 N–H and O–H groups in total. The molecule has 7 rings (SSSR count). The molecule has 22 nitrogen and oxygen atoms in total. The van der Waals surface area contributed by atoms with Crippen molar-refractivity contribution in [2.45, 2.75) is 27.7 Å². The van der Waals surface area contributed by atoms with Crippen LogP contribution in [-0.2, 0) is 0 Å². The van der Waals surface area contributed by atoms with Gasteiger partial charge < -0.3 is 0 Å². The highest BCUT2D eigenvalue weighted by molar-refractivity contribution is 5.68. The van der Waals surface area contributed by atoms with Crippen LogP contribution in [0.3, 0.4) is 0 Å². The predicted octanol–water partition coefficient (Wildman–Crippen LogP) is 2.76. The number of nitriles is 1. The third-order valence-corrected chi connectivity index (χ3v) is 6.56. The van der Waals surface area contributed by atoms with E-state index in [4.69, 9.17) is 6.57 Å². The van der Waals surface area contributed by atoms with Crippen molar-refractivity contribution < 1.29 is 0 Å². The minimum absolute atomic E-state index is 0.0267. The second-order valence-electron chi connectivity index (χ2n) is 9.44. The number of aryl methyl sites for hydroxylation is 4. The lowest BCUT2D eigenvalue weighted by Gasteiger charge is -2.06. The van der Waals surface area contributed by atoms with Crippen molar-refractivity contribution >= 4 is 40.0 Å². The number of H-pyrrole nitrogens is 3. The van der Waals surface area contributed by atoms with E-state index in [9.17, 15) is 10.1 Å². The molecule has 0 spiro atoms. The van der Waals surface area contributed by atoms with E-state index < -0.39 is 5.69 Å². The van der Waals surface area contributed by atoms with Crippen LogP contribution in [0.4, 0.5) is 28.7 Å². The third-order valence-electron chi connectivity index (χ3n) is 6.56. The van der Waals surface area contributed by atoms with Gasteiger partial charge in [-0.05, 0) is 27.7 Å². The van der Waals surface area contributed by atoms with Crippen molar-refractivity contribution in [2.24, 2.45) is 20.5 Å². The Hall–Kier alpha value is -7.23. The van der Waals surface area contributed by atoms with Crippen molar-refractivity contribution in [3.8, 4) is 18.0 Å². The van der Waals surface area contributed by atoms with Crippen molar-refractivity contribution in [3.63, 3.8) is 0 Å². The van der Waals surface area contributed by atoms with Gasteiger partial charge in [0.1, 0.15) is 23.3 Å². The number of hydrogen-bond acceptors (Lipinski definition) is 14. The zero-order valence-electron chi connectivity index (χ0n) is 23.6. The van der Waals surface area contributed by atoms with Gasteiger partial charge >= 0.3 is 5.69 Å². The summed E-state index contributed by atoms with van der Waals surface area (Å²) >= 11 is 0. The molecule has 0 atom stereocenters. The Bertz CT molecular complexity index is 2320. The van der Waals surface area contributed by atoms with Gasteiger partial charge in [0.25, 0.3) is 11.6 Å². The first-order valence-corrected chi connectivity index (χ1v) is 12.8. The van der Waals surface area contributed by atoms with Crippen LogP contribution in [0.1, 0.15) is 28.6 Å². The molecule has 220 valence electrons. The first-order chi connectivity index (χ1) is 21.8. The molecule has 0 radical (unpaired) electrons. The van der Waals surface area contributed by atoms with Gasteiger partial charge in [0.2, 0.25) is 17.2 Å². The Morgan fingerprint density at radius 3 is 2.02 bits per heavy atom. The molecular weight excluding hydrogens is 586 g/mol. The van der Waals surface area contributed by atoms with E-state index in [1.165, 1.54) is 12.4 Å². The molecule has 22 heteroatoms. The fourth-order valence-electron chi connectivity index (χ4n) is 4.39. The van der Waals surface area contributed by atoms with Crippen molar-refractivity contribution in [1.29, 1.82) is 5.26 Å². The first-order valence-electron chi connectivity index (χ1n) is 12.8. The van der Waals surface area contributed by atoms with Gasteiger partial charge in [0.15, 0.2) is 23.0 Å². The lowest BCUT2D eigenvalue weighted by molar-refractivity contribution is 0.730. The largest absolute Gasteiger partial charge is 0.351 e. The smallest absolute Gasteiger partial charge is 0.293 e. The Balaban J connectivity index is 1.31. The summed E-state index contributed by atoms with van der Waals surface area (Å²) in [5.74, 6) is 0.724. The average Bonchev–Trinajstić information content (AvgIpc) is 3.86. The van der Waals surface area contributed by atoms with E-state index in [0.29, 0.717) is 45.7 Å².